The second kappa shape index (κ2) is 6.73. The normalized spacial score (nSPS) is 18.4. The molecule has 1 unspecified atom stereocenters. The van der Waals surface area contributed by atoms with Crippen LogP contribution < -0.4 is 5.32 Å². The first-order chi connectivity index (χ1) is 9.44. The average molecular weight is 275 g/mol. The Labute approximate surface area is 123 Å². The zero-order chi connectivity index (χ0) is 14.6. The molecule has 112 valence electrons. The van der Waals surface area contributed by atoms with Crippen molar-refractivity contribution in [2.75, 3.05) is 6.54 Å². The minimum absolute atomic E-state index is 0.126. The van der Waals surface area contributed by atoms with Gasteiger partial charge in [0.2, 0.25) is 0 Å². The lowest BCUT2D eigenvalue weighted by atomic mass is 10.0. The number of hydrogen-bond donors (Lipinski definition) is 1. The highest BCUT2D eigenvalue weighted by Crippen LogP contribution is 2.28. The smallest absolute Gasteiger partial charge is 0.0953 e. The summed E-state index contributed by atoms with van der Waals surface area (Å²) in [5.74, 6) is 0. The van der Waals surface area contributed by atoms with E-state index in [1.54, 1.807) is 0 Å². The second-order valence-electron chi connectivity index (χ2n) is 7.08. The molecule has 1 aromatic carbocycles. The summed E-state index contributed by atoms with van der Waals surface area (Å²) in [4.78, 5) is 0. The first-order valence-corrected chi connectivity index (χ1v) is 7.91. The number of rotatable bonds is 5. The van der Waals surface area contributed by atoms with E-state index in [4.69, 9.17) is 4.74 Å². The van der Waals surface area contributed by atoms with Crippen molar-refractivity contribution in [3.05, 3.63) is 35.4 Å². The van der Waals surface area contributed by atoms with Crippen LogP contribution in [0.15, 0.2) is 24.3 Å². The van der Waals surface area contributed by atoms with Crippen molar-refractivity contribution >= 4 is 0 Å². The SMILES string of the molecule is Cc1cccc(C(CNC(C)(C)C)OC2CCCC2)c1. The zero-order valence-electron chi connectivity index (χ0n) is 13.4. The molecule has 1 fully saturated rings. The van der Waals surface area contributed by atoms with Crippen LogP contribution >= 0.6 is 0 Å². The van der Waals surface area contributed by atoms with Gasteiger partial charge in [0.1, 0.15) is 0 Å². The van der Waals surface area contributed by atoms with Gasteiger partial charge in [0.15, 0.2) is 0 Å². The quantitative estimate of drug-likeness (QED) is 0.861. The number of benzene rings is 1. The van der Waals surface area contributed by atoms with Crippen LogP contribution in [0.25, 0.3) is 0 Å². The first kappa shape index (κ1) is 15.5. The van der Waals surface area contributed by atoms with E-state index in [1.807, 2.05) is 0 Å². The van der Waals surface area contributed by atoms with Crippen molar-refractivity contribution in [2.45, 2.75) is 71.1 Å². The van der Waals surface area contributed by atoms with Crippen molar-refractivity contribution in [3.63, 3.8) is 0 Å². The van der Waals surface area contributed by atoms with E-state index in [-0.39, 0.29) is 11.6 Å². The third-order valence-electron chi connectivity index (χ3n) is 3.89. The first-order valence-electron chi connectivity index (χ1n) is 7.91. The van der Waals surface area contributed by atoms with Crippen molar-refractivity contribution in [2.24, 2.45) is 0 Å². The maximum atomic E-state index is 6.39. The Hall–Kier alpha value is -0.860. The molecule has 0 saturated heterocycles. The molecule has 1 aliphatic carbocycles. The maximum absolute atomic E-state index is 6.39. The molecule has 1 aromatic rings. The lowest BCUT2D eigenvalue weighted by Gasteiger charge is -2.28. The van der Waals surface area contributed by atoms with Gasteiger partial charge in [-0.15, -0.1) is 0 Å². The molecule has 1 atom stereocenters. The summed E-state index contributed by atoms with van der Waals surface area (Å²) >= 11 is 0. The van der Waals surface area contributed by atoms with Crippen LogP contribution in [0.4, 0.5) is 0 Å². The molecule has 0 spiro atoms. The fourth-order valence-corrected chi connectivity index (χ4v) is 2.77. The summed E-state index contributed by atoms with van der Waals surface area (Å²) in [6.45, 7) is 9.64. The number of ether oxygens (including phenoxy) is 1. The fraction of sp³-hybridized carbons (Fsp3) is 0.667. The van der Waals surface area contributed by atoms with Crippen molar-refractivity contribution in [3.8, 4) is 0 Å². The molecular weight excluding hydrogens is 246 g/mol. The summed E-state index contributed by atoms with van der Waals surface area (Å²) < 4.78 is 6.39. The van der Waals surface area contributed by atoms with Crippen molar-refractivity contribution in [1.82, 2.24) is 5.32 Å². The monoisotopic (exact) mass is 275 g/mol. The van der Waals surface area contributed by atoms with Gasteiger partial charge in [-0.2, -0.15) is 0 Å². The molecule has 2 heteroatoms. The van der Waals surface area contributed by atoms with Gasteiger partial charge in [0.25, 0.3) is 0 Å². The number of hydrogen-bond acceptors (Lipinski definition) is 2. The molecule has 0 bridgehead atoms. The topological polar surface area (TPSA) is 21.3 Å². The molecule has 0 aromatic heterocycles. The van der Waals surface area contributed by atoms with Crippen LogP contribution in [0.3, 0.4) is 0 Å². The molecule has 1 N–H and O–H groups in total. The lowest BCUT2D eigenvalue weighted by Crippen LogP contribution is -2.39. The predicted octanol–water partition coefficient (Wildman–Crippen LogP) is 4.38. The summed E-state index contributed by atoms with van der Waals surface area (Å²) in [5, 5.41) is 3.59. The van der Waals surface area contributed by atoms with Crippen LogP contribution in [0.1, 0.15) is 63.7 Å². The van der Waals surface area contributed by atoms with Gasteiger partial charge in [0, 0.05) is 12.1 Å². The number of nitrogens with one attached hydrogen (secondary N) is 1. The van der Waals surface area contributed by atoms with Crippen molar-refractivity contribution < 1.29 is 4.74 Å². The Bertz CT molecular complexity index is 416. The third kappa shape index (κ3) is 4.92. The van der Waals surface area contributed by atoms with E-state index in [9.17, 15) is 0 Å². The molecule has 20 heavy (non-hydrogen) atoms. The van der Waals surface area contributed by atoms with E-state index >= 15 is 0 Å². The largest absolute Gasteiger partial charge is 0.369 e. The van der Waals surface area contributed by atoms with Gasteiger partial charge < -0.3 is 10.1 Å². The Kier molecular flexibility index (Phi) is 5.22. The molecule has 0 aliphatic heterocycles. The van der Waals surface area contributed by atoms with Gasteiger partial charge in [0.05, 0.1) is 12.2 Å². The van der Waals surface area contributed by atoms with Crippen molar-refractivity contribution in [1.29, 1.82) is 0 Å². The molecule has 1 aliphatic rings. The van der Waals surface area contributed by atoms with Gasteiger partial charge in [-0.05, 0) is 46.1 Å². The summed E-state index contributed by atoms with van der Waals surface area (Å²) in [6.07, 6.45) is 5.69. The molecule has 0 amide bonds. The summed E-state index contributed by atoms with van der Waals surface area (Å²) in [7, 11) is 0. The Morgan fingerprint density at radius 1 is 1.25 bits per heavy atom. The van der Waals surface area contributed by atoms with E-state index in [2.05, 4.69) is 57.3 Å². The highest BCUT2D eigenvalue weighted by Gasteiger charge is 2.23. The Morgan fingerprint density at radius 2 is 1.95 bits per heavy atom. The van der Waals surface area contributed by atoms with E-state index in [1.165, 1.54) is 36.8 Å². The predicted molar refractivity (Wildman–Crippen MR) is 85.0 cm³/mol. The molecule has 2 nitrogen and oxygen atoms in total. The minimum atomic E-state index is 0.126. The van der Waals surface area contributed by atoms with Gasteiger partial charge in [-0.25, -0.2) is 0 Å². The second-order valence-corrected chi connectivity index (χ2v) is 7.08. The number of aryl methyl sites for hydroxylation is 1. The Morgan fingerprint density at radius 3 is 2.55 bits per heavy atom. The van der Waals surface area contributed by atoms with Gasteiger partial charge in [-0.1, -0.05) is 42.7 Å². The van der Waals surface area contributed by atoms with Crippen LogP contribution in [-0.4, -0.2) is 18.2 Å². The highest BCUT2D eigenvalue weighted by molar-refractivity contribution is 5.24. The van der Waals surface area contributed by atoms with E-state index in [0.717, 1.165) is 6.54 Å². The van der Waals surface area contributed by atoms with E-state index in [0.29, 0.717) is 6.10 Å². The van der Waals surface area contributed by atoms with Crippen LogP contribution in [0.5, 0.6) is 0 Å². The molecule has 1 saturated carbocycles. The standard InChI is InChI=1S/C18H29NO/c1-14-8-7-9-15(12-14)17(13-19-18(2,3)4)20-16-10-5-6-11-16/h7-9,12,16-17,19H,5-6,10-11,13H2,1-4H3. The molecule has 0 heterocycles. The summed E-state index contributed by atoms with van der Waals surface area (Å²) in [5.41, 5.74) is 2.73. The van der Waals surface area contributed by atoms with Crippen LogP contribution in [0.2, 0.25) is 0 Å². The minimum Gasteiger partial charge on any atom is -0.369 e. The van der Waals surface area contributed by atoms with Gasteiger partial charge in [-0.3, -0.25) is 0 Å². The highest BCUT2D eigenvalue weighted by atomic mass is 16.5. The van der Waals surface area contributed by atoms with E-state index < -0.39 is 0 Å². The Balaban J connectivity index is 2.06. The van der Waals surface area contributed by atoms with Gasteiger partial charge >= 0.3 is 0 Å². The molecule has 0 radical (unpaired) electrons. The van der Waals surface area contributed by atoms with Crippen LogP contribution in [0, 0.1) is 6.92 Å². The zero-order valence-corrected chi connectivity index (χ0v) is 13.4. The molecule has 2 rings (SSSR count). The maximum Gasteiger partial charge on any atom is 0.0953 e. The molecular formula is C18H29NO. The third-order valence-corrected chi connectivity index (χ3v) is 3.89. The lowest BCUT2D eigenvalue weighted by molar-refractivity contribution is -0.0115. The summed E-state index contributed by atoms with van der Waals surface area (Å²) in [6, 6.07) is 8.72. The fourth-order valence-electron chi connectivity index (χ4n) is 2.77. The van der Waals surface area contributed by atoms with Crippen LogP contribution in [-0.2, 0) is 4.74 Å². The average Bonchev–Trinajstić information content (AvgIpc) is 2.86.